The first kappa shape index (κ1) is 26.4. The topological polar surface area (TPSA) is 90.1 Å². The second-order valence-corrected chi connectivity index (χ2v) is 8.84. The number of aromatic amines is 1. The van der Waals surface area contributed by atoms with E-state index in [-0.39, 0.29) is 17.7 Å². The molecule has 0 aliphatic carbocycles. The Morgan fingerprint density at radius 1 is 1.00 bits per heavy atom. The third kappa shape index (κ3) is 5.52. The Bertz CT molecular complexity index is 1330. The van der Waals surface area contributed by atoms with Crippen LogP contribution in [0.15, 0.2) is 30.3 Å². The van der Waals surface area contributed by atoms with Crippen LogP contribution in [0, 0.1) is 0 Å². The molecule has 198 valence electrons. The van der Waals surface area contributed by atoms with Crippen molar-refractivity contribution in [1.82, 2.24) is 40.0 Å². The predicted octanol–water partition coefficient (Wildman–Crippen LogP) is 5.80. The zero-order chi connectivity index (χ0) is 27.0. The maximum absolute atomic E-state index is 13.9. The number of aromatic nitrogens is 8. The molecule has 0 bridgehead atoms. The number of alkyl halides is 6. The smallest absolute Gasteiger partial charge is 0.302 e. The van der Waals surface area contributed by atoms with Gasteiger partial charge in [-0.3, -0.25) is 0 Å². The molecule has 0 radical (unpaired) electrons. The van der Waals surface area contributed by atoms with Gasteiger partial charge in [0.25, 0.3) is 0 Å². The Morgan fingerprint density at radius 3 is 2.24 bits per heavy atom. The van der Waals surface area contributed by atoms with Gasteiger partial charge in [0.15, 0.2) is 11.6 Å². The Labute approximate surface area is 207 Å². The summed E-state index contributed by atoms with van der Waals surface area (Å²) in [5, 5.41) is 16.6. The van der Waals surface area contributed by atoms with Gasteiger partial charge < -0.3 is 4.57 Å². The molecule has 4 aromatic rings. The summed E-state index contributed by atoms with van der Waals surface area (Å²) >= 11 is 0. The SMILES string of the molecule is CCCCc1nc(C(C)C)nn1Cc1ccc(-n2c(C(F)(F)F)cc(C(F)(F)F)c2-c2nnn[nH]2)cc1. The Hall–Kier alpha value is -3.71. The summed E-state index contributed by atoms with van der Waals surface area (Å²) in [7, 11) is 0. The van der Waals surface area contributed by atoms with Crippen molar-refractivity contribution in [1.29, 1.82) is 0 Å². The van der Waals surface area contributed by atoms with E-state index >= 15 is 0 Å². The Kier molecular flexibility index (Phi) is 7.11. The van der Waals surface area contributed by atoms with Gasteiger partial charge in [0.2, 0.25) is 0 Å². The summed E-state index contributed by atoms with van der Waals surface area (Å²) in [6.45, 7) is 6.32. The van der Waals surface area contributed by atoms with Crippen molar-refractivity contribution >= 4 is 0 Å². The number of rotatable bonds is 8. The monoisotopic (exact) mass is 526 g/mol. The van der Waals surface area contributed by atoms with Crippen LogP contribution in [0.4, 0.5) is 26.3 Å². The van der Waals surface area contributed by atoms with E-state index in [4.69, 9.17) is 0 Å². The van der Waals surface area contributed by atoms with E-state index in [0.29, 0.717) is 22.5 Å². The number of hydrogen-bond donors (Lipinski definition) is 1. The first-order valence-corrected chi connectivity index (χ1v) is 11.6. The number of nitrogens with one attached hydrogen (secondary N) is 1. The molecule has 8 nitrogen and oxygen atoms in total. The molecule has 0 amide bonds. The average Bonchev–Trinajstić information content (AvgIpc) is 3.55. The molecular weight excluding hydrogens is 502 g/mol. The van der Waals surface area contributed by atoms with Gasteiger partial charge in [-0.25, -0.2) is 14.8 Å². The van der Waals surface area contributed by atoms with Gasteiger partial charge >= 0.3 is 12.4 Å². The van der Waals surface area contributed by atoms with E-state index in [1.54, 1.807) is 16.8 Å². The molecule has 3 heterocycles. The van der Waals surface area contributed by atoms with E-state index < -0.39 is 35.1 Å². The molecular formula is C23H24F6N8. The molecule has 1 aromatic carbocycles. The molecule has 0 aliphatic heterocycles. The number of H-pyrrole nitrogens is 1. The van der Waals surface area contributed by atoms with Crippen LogP contribution in [0.1, 0.15) is 68.0 Å². The lowest BCUT2D eigenvalue weighted by Gasteiger charge is -2.16. The van der Waals surface area contributed by atoms with Gasteiger partial charge in [0.05, 0.1) is 12.1 Å². The van der Waals surface area contributed by atoms with Crippen molar-refractivity contribution in [2.45, 2.75) is 64.8 Å². The Balaban J connectivity index is 1.77. The first-order chi connectivity index (χ1) is 17.4. The normalized spacial score (nSPS) is 12.6. The van der Waals surface area contributed by atoms with Crippen molar-refractivity contribution in [2.75, 3.05) is 0 Å². The fourth-order valence-electron chi connectivity index (χ4n) is 3.90. The number of hydrogen-bond acceptors (Lipinski definition) is 5. The standard InChI is InChI=1S/C23H24F6N8/c1-4-5-6-18-30-20(13(2)3)33-36(18)12-14-7-9-15(10-8-14)37-17(23(27,28)29)11-16(22(24,25)26)19(37)21-31-34-35-32-21/h7-11,13H,4-6,12H2,1-3H3,(H,31,32,34,35). The number of aryl methyl sites for hydroxylation is 1. The molecule has 4 rings (SSSR count). The van der Waals surface area contributed by atoms with Crippen LogP contribution >= 0.6 is 0 Å². The van der Waals surface area contributed by atoms with Crippen LogP contribution in [0.5, 0.6) is 0 Å². The van der Waals surface area contributed by atoms with Crippen molar-refractivity contribution in [3.8, 4) is 17.2 Å². The highest BCUT2D eigenvalue weighted by Crippen LogP contribution is 2.44. The third-order valence-electron chi connectivity index (χ3n) is 5.73. The molecule has 0 spiro atoms. The highest BCUT2D eigenvalue weighted by atomic mass is 19.4. The zero-order valence-corrected chi connectivity index (χ0v) is 20.2. The summed E-state index contributed by atoms with van der Waals surface area (Å²) in [4.78, 5) is 4.61. The van der Waals surface area contributed by atoms with Crippen molar-refractivity contribution in [2.24, 2.45) is 0 Å². The molecule has 0 fully saturated rings. The minimum atomic E-state index is -5.08. The number of benzene rings is 1. The molecule has 0 saturated heterocycles. The van der Waals surface area contributed by atoms with Crippen molar-refractivity contribution in [3.63, 3.8) is 0 Å². The van der Waals surface area contributed by atoms with Crippen molar-refractivity contribution < 1.29 is 26.3 Å². The highest BCUT2D eigenvalue weighted by Gasteiger charge is 2.44. The molecule has 14 heteroatoms. The second-order valence-electron chi connectivity index (χ2n) is 8.84. The van der Waals surface area contributed by atoms with Crippen molar-refractivity contribution in [3.05, 3.63) is 58.8 Å². The summed E-state index contributed by atoms with van der Waals surface area (Å²) in [5.74, 6) is 1.06. The van der Waals surface area contributed by atoms with Crippen LogP contribution in [0.2, 0.25) is 0 Å². The van der Waals surface area contributed by atoms with Crippen LogP contribution < -0.4 is 0 Å². The number of nitrogens with zero attached hydrogens (tertiary/aromatic N) is 7. The lowest BCUT2D eigenvalue weighted by Crippen LogP contribution is -2.14. The van der Waals surface area contributed by atoms with Gasteiger partial charge in [0, 0.05) is 18.0 Å². The van der Waals surface area contributed by atoms with Gasteiger partial charge in [0.1, 0.15) is 17.2 Å². The zero-order valence-electron chi connectivity index (χ0n) is 20.2. The minimum Gasteiger partial charge on any atom is -0.302 e. The summed E-state index contributed by atoms with van der Waals surface area (Å²) in [5.41, 5.74) is -3.28. The lowest BCUT2D eigenvalue weighted by atomic mass is 10.2. The molecule has 0 saturated carbocycles. The summed E-state index contributed by atoms with van der Waals surface area (Å²) in [6.07, 6.45) is -7.54. The molecule has 0 unspecified atom stereocenters. The molecule has 3 aromatic heterocycles. The number of tetrazole rings is 1. The fraction of sp³-hybridized carbons (Fsp3) is 0.435. The van der Waals surface area contributed by atoms with E-state index in [1.165, 1.54) is 12.1 Å². The summed E-state index contributed by atoms with van der Waals surface area (Å²) in [6, 6.07) is 5.81. The number of unbranched alkanes of at least 4 members (excludes halogenated alkanes) is 1. The maximum atomic E-state index is 13.9. The molecule has 1 N–H and O–H groups in total. The van der Waals surface area contributed by atoms with Crippen LogP contribution in [-0.2, 0) is 25.3 Å². The maximum Gasteiger partial charge on any atom is 0.431 e. The summed E-state index contributed by atoms with van der Waals surface area (Å²) < 4.78 is 85.1. The van der Waals surface area contributed by atoms with E-state index in [9.17, 15) is 26.3 Å². The molecule has 37 heavy (non-hydrogen) atoms. The van der Waals surface area contributed by atoms with E-state index in [2.05, 4.69) is 37.6 Å². The quantitative estimate of drug-likeness (QED) is 0.293. The first-order valence-electron chi connectivity index (χ1n) is 11.6. The van der Waals surface area contributed by atoms with E-state index in [1.807, 2.05) is 13.8 Å². The second kappa shape index (κ2) is 9.98. The van der Waals surface area contributed by atoms with Gasteiger partial charge in [-0.2, -0.15) is 31.4 Å². The average molecular weight is 526 g/mol. The lowest BCUT2D eigenvalue weighted by molar-refractivity contribution is -0.143. The molecule has 0 aliphatic rings. The van der Waals surface area contributed by atoms with E-state index in [0.717, 1.165) is 25.1 Å². The largest absolute Gasteiger partial charge is 0.431 e. The fourth-order valence-corrected chi connectivity index (χ4v) is 3.90. The third-order valence-corrected chi connectivity index (χ3v) is 5.73. The van der Waals surface area contributed by atoms with Crippen LogP contribution in [0.25, 0.3) is 17.2 Å². The Morgan fingerprint density at radius 2 is 1.70 bits per heavy atom. The van der Waals surface area contributed by atoms with Crippen LogP contribution in [-0.4, -0.2) is 40.0 Å². The predicted molar refractivity (Wildman–Crippen MR) is 121 cm³/mol. The molecule has 0 atom stereocenters. The number of halogens is 6. The van der Waals surface area contributed by atoms with Crippen LogP contribution in [0.3, 0.4) is 0 Å². The highest BCUT2D eigenvalue weighted by molar-refractivity contribution is 5.63. The van der Waals surface area contributed by atoms with Gasteiger partial charge in [-0.15, -0.1) is 5.10 Å². The van der Waals surface area contributed by atoms with Gasteiger partial charge in [-0.1, -0.05) is 39.3 Å². The minimum absolute atomic E-state index is 0.0641. The van der Waals surface area contributed by atoms with Gasteiger partial charge in [-0.05, 0) is 40.6 Å².